The Labute approximate surface area is 139 Å². The maximum Gasteiger partial charge on any atom is 0.204 e. The Morgan fingerprint density at radius 1 is 1.29 bits per heavy atom. The number of hydrogen-bond donors (Lipinski definition) is 1. The summed E-state index contributed by atoms with van der Waals surface area (Å²) in [5.41, 5.74) is 5.07. The number of benzene rings is 1. The van der Waals surface area contributed by atoms with Crippen LogP contribution in [0, 0.1) is 6.92 Å². The molecule has 0 aliphatic carbocycles. The van der Waals surface area contributed by atoms with Crippen LogP contribution in [0.4, 0.5) is 5.13 Å². The van der Waals surface area contributed by atoms with Gasteiger partial charge in [-0.25, -0.2) is 4.98 Å². The lowest BCUT2D eigenvalue weighted by atomic mass is 10.2. The fourth-order valence-corrected chi connectivity index (χ4v) is 3.87. The number of anilines is 1. The maximum atomic E-state index is 4.60. The molecule has 21 heavy (non-hydrogen) atoms. The van der Waals surface area contributed by atoms with E-state index in [0.717, 1.165) is 20.9 Å². The van der Waals surface area contributed by atoms with E-state index in [0.29, 0.717) is 0 Å². The van der Waals surface area contributed by atoms with Crippen molar-refractivity contribution in [2.24, 2.45) is 5.10 Å². The van der Waals surface area contributed by atoms with Gasteiger partial charge in [-0.05, 0) is 36.1 Å². The van der Waals surface area contributed by atoms with Crippen molar-refractivity contribution in [1.29, 1.82) is 0 Å². The first-order valence-corrected chi connectivity index (χ1v) is 8.77. The lowest BCUT2D eigenvalue weighted by Gasteiger charge is -1.95. The SMILES string of the molecule is Cc1sc(N/N=C\c2cccc(Br)c2)nc1-c1cccs1. The molecule has 0 spiro atoms. The molecule has 0 bridgehead atoms. The van der Waals surface area contributed by atoms with Crippen LogP contribution in [0.3, 0.4) is 0 Å². The van der Waals surface area contributed by atoms with Crippen molar-refractivity contribution in [3.05, 3.63) is 56.7 Å². The molecule has 6 heteroatoms. The number of thiazole rings is 1. The van der Waals surface area contributed by atoms with Gasteiger partial charge < -0.3 is 0 Å². The molecule has 1 aromatic carbocycles. The normalized spacial score (nSPS) is 11.1. The van der Waals surface area contributed by atoms with Crippen LogP contribution in [0.5, 0.6) is 0 Å². The molecule has 0 unspecified atom stereocenters. The fraction of sp³-hybridized carbons (Fsp3) is 0.0667. The molecular weight excluding hydrogens is 366 g/mol. The van der Waals surface area contributed by atoms with Crippen molar-refractivity contribution in [2.45, 2.75) is 6.92 Å². The number of hydrazone groups is 1. The summed E-state index contributed by atoms with van der Waals surface area (Å²) in [4.78, 5) is 6.98. The number of aromatic nitrogens is 1. The van der Waals surface area contributed by atoms with E-state index in [2.05, 4.69) is 49.8 Å². The summed E-state index contributed by atoms with van der Waals surface area (Å²) in [6.45, 7) is 2.08. The highest BCUT2D eigenvalue weighted by Gasteiger charge is 2.09. The highest BCUT2D eigenvalue weighted by atomic mass is 79.9. The zero-order valence-electron chi connectivity index (χ0n) is 11.2. The number of halogens is 1. The quantitative estimate of drug-likeness (QED) is 0.488. The third-order valence-corrected chi connectivity index (χ3v) is 5.02. The van der Waals surface area contributed by atoms with E-state index < -0.39 is 0 Å². The topological polar surface area (TPSA) is 37.3 Å². The number of thiophene rings is 1. The van der Waals surface area contributed by atoms with Crippen molar-refractivity contribution in [3.8, 4) is 10.6 Å². The molecule has 0 aliphatic rings. The zero-order valence-corrected chi connectivity index (χ0v) is 14.4. The fourth-order valence-electron chi connectivity index (χ4n) is 1.84. The van der Waals surface area contributed by atoms with Crippen molar-refractivity contribution in [1.82, 2.24) is 4.98 Å². The third kappa shape index (κ3) is 3.58. The molecule has 1 N–H and O–H groups in total. The molecule has 0 aliphatic heterocycles. The molecule has 0 amide bonds. The average molecular weight is 378 g/mol. The molecule has 0 atom stereocenters. The molecule has 0 radical (unpaired) electrons. The van der Waals surface area contributed by atoms with E-state index in [-0.39, 0.29) is 0 Å². The lowest BCUT2D eigenvalue weighted by molar-refractivity contribution is 1.29. The Balaban J connectivity index is 1.73. The second kappa shape index (κ2) is 6.51. The Hall–Kier alpha value is -1.50. The van der Waals surface area contributed by atoms with Gasteiger partial charge in [0, 0.05) is 9.35 Å². The van der Waals surface area contributed by atoms with Gasteiger partial charge in [-0.1, -0.05) is 34.1 Å². The Kier molecular flexibility index (Phi) is 4.48. The standard InChI is InChI=1S/C15H12BrN3S2/c1-10-14(13-6-3-7-20-13)18-15(21-10)19-17-9-11-4-2-5-12(16)8-11/h2-9H,1H3,(H,18,19)/b17-9-. The van der Waals surface area contributed by atoms with Gasteiger partial charge in [-0.2, -0.15) is 5.10 Å². The minimum absolute atomic E-state index is 0.808. The van der Waals surface area contributed by atoms with E-state index >= 15 is 0 Å². The summed E-state index contributed by atoms with van der Waals surface area (Å²) < 4.78 is 1.04. The van der Waals surface area contributed by atoms with Crippen LogP contribution in [-0.2, 0) is 0 Å². The van der Waals surface area contributed by atoms with Crippen LogP contribution in [0.15, 0.2) is 51.4 Å². The smallest absolute Gasteiger partial charge is 0.204 e. The molecule has 3 nitrogen and oxygen atoms in total. The average Bonchev–Trinajstić information content (AvgIpc) is 3.08. The Morgan fingerprint density at radius 2 is 2.19 bits per heavy atom. The first kappa shape index (κ1) is 14.4. The van der Waals surface area contributed by atoms with Gasteiger partial charge in [0.25, 0.3) is 0 Å². The van der Waals surface area contributed by atoms with Gasteiger partial charge in [-0.15, -0.1) is 22.7 Å². The second-order valence-electron chi connectivity index (χ2n) is 4.33. The monoisotopic (exact) mass is 377 g/mol. The molecule has 106 valence electrons. The van der Waals surface area contributed by atoms with Crippen LogP contribution in [-0.4, -0.2) is 11.2 Å². The summed E-state index contributed by atoms with van der Waals surface area (Å²) in [5.74, 6) is 0. The Bertz CT molecular complexity index is 763. The molecular formula is C15H12BrN3S2. The number of nitrogens with zero attached hydrogens (tertiary/aromatic N) is 2. The lowest BCUT2D eigenvalue weighted by Crippen LogP contribution is -1.89. The summed E-state index contributed by atoms with van der Waals surface area (Å²) >= 11 is 6.75. The van der Waals surface area contributed by atoms with Crippen molar-refractivity contribution >= 4 is 49.9 Å². The molecule has 3 rings (SSSR count). The van der Waals surface area contributed by atoms with Crippen LogP contribution in [0.25, 0.3) is 10.6 Å². The summed E-state index contributed by atoms with van der Waals surface area (Å²) in [5, 5.41) is 7.11. The largest absolute Gasteiger partial charge is 0.253 e. The van der Waals surface area contributed by atoms with Gasteiger partial charge in [0.1, 0.15) is 0 Å². The molecule has 0 fully saturated rings. The van der Waals surface area contributed by atoms with Crippen molar-refractivity contribution < 1.29 is 0 Å². The first-order valence-electron chi connectivity index (χ1n) is 6.28. The van der Waals surface area contributed by atoms with Crippen LogP contribution in [0.2, 0.25) is 0 Å². The second-order valence-corrected chi connectivity index (χ2v) is 7.39. The zero-order chi connectivity index (χ0) is 14.7. The van der Waals surface area contributed by atoms with E-state index in [1.807, 2.05) is 30.3 Å². The first-order chi connectivity index (χ1) is 10.2. The summed E-state index contributed by atoms with van der Waals surface area (Å²) in [6, 6.07) is 12.1. The van der Waals surface area contributed by atoms with E-state index in [1.54, 1.807) is 28.9 Å². The molecule has 3 aromatic rings. The molecule has 0 saturated carbocycles. The van der Waals surface area contributed by atoms with Crippen molar-refractivity contribution in [3.63, 3.8) is 0 Å². The summed E-state index contributed by atoms with van der Waals surface area (Å²) in [6.07, 6.45) is 1.78. The highest BCUT2D eigenvalue weighted by molar-refractivity contribution is 9.10. The predicted molar refractivity (Wildman–Crippen MR) is 95.5 cm³/mol. The molecule has 0 saturated heterocycles. The highest BCUT2D eigenvalue weighted by Crippen LogP contribution is 2.32. The maximum absolute atomic E-state index is 4.60. The van der Waals surface area contributed by atoms with Crippen LogP contribution >= 0.6 is 38.6 Å². The Morgan fingerprint density at radius 3 is 2.95 bits per heavy atom. The number of hydrogen-bond acceptors (Lipinski definition) is 5. The van der Waals surface area contributed by atoms with Gasteiger partial charge in [0.2, 0.25) is 5.13 Å². The number of nitrogens with one attached hydrogen (secondary N) is 1. The molecule has 2 aromatic heterocycles. The number of rotatable bonds is 4. The van der Waals surface area contributed by atoms with Crippen molar-refractivity contribution in [2.75, 3.05) is 5.43 Å². The van der Waals surface area contributed by atoms with Gasteiger partial charge >= 0.3 is 0 Å². The predicted octanol–water partition coefficient (Wildman–Crippen LogP) is 5.39. The summed E-state index contributed by atoms with van der Waals surface area (Å²) in [7, 11) is 0. The third-order valence-electron chi connectivity index (χ3n) is 2.77. The minimum Gasteiger partial charge on any atom is -0.253 e. The number of aryl methyl sites for hydroxylation is 1. The van der Waals surface area contributed by atoms with E-state index in [1.165, 1.54) is 9.75 Å². The molecule has 2 heterocycles. The van der Waals surface area contributed by atoms with E-state index in [4.69, 9.17) is 0 Å². The van der Waals surface area contributed by atoms with Gasteiger partial charge in [0.05, 0.1) is 16.8 Å². The van der Waals surface area contributed by atoms with Crippen LogP contribution < -0.4 is 5.43 Å². The van der Waals surface area contributed by atoms with Gasteiger partial charge in [0.15, 0.2) is 0 Å². The minimum atomic E-state index is 0.808. The van der Waals surface area contributed by atoms with Crippen LogP contribution in [0.1, 0.15) is 10.4 Å². The van der Waals surface area contributed by atoms with E-state index in [9.17, 15) is 0 Å². The van der Waals surface area contributed by atoms with Gasteiger partial charge in [-0.3, -0.25) is 5.43 Å².